The second kappa shape index (κ2) is 41.8. The Bertz CT molecular complexity index is 6340. The molecule has 3 aliphatic rings. The highest BCUT2D eigenvalue weighted by Crippen LogP contribution is 2.40. The normalized spacial score (nSPS) is 14.5. The number of Topliss-reactive ketones (excluding diaryl/α,β-unsaturated/α-hetero) is 4. The van der Waals surface area contributed by atoms with Crippen LogP contribution in [0.4, 0.5) is 0 Å². The SMILES string of the molecule is COC1c2ccccc2OC1C(=O)c1ccccc1.O=C(/C=C/c1ccccc1)c1ccccc1.O=C(CCc1ccccc1)c1ccccc1.O=C1C(=Cc2ccccc2)Oc2ccccc21.O=C1c2ccccc2OC(c2ccccc2)C1O.O=c1c(O)c(-c2ccccc2)oc2ccccc12.O=c1cc(-c2ccccc2)oc2ccccc12. The molecule has 16 aromatic rings. The van der Waals surface area contributed by atoms with Crippen molar-refractivity contribution in [2.75, 3.05) is 7.11 Å². The Morgan fingerprint density at radius 2 is 0.909 bits per heavy atom. The molecule has 0 radical (unpaired) electrons. The van der Waals surface area contributed by atoms with Gasteiger partial charge in [0, 0.05) is 53.0 Å². The smallest absolute Gasteiger partial charge is 0.235 e. The van der Waals surface area contributed by atoms with Crippen molar-refractivity contribution in [1.82, 2.24) is 0 Å². The Hall–Kier alpha value is -15.6. The molecule has 0 saturated carbocycles. The van der Waals surface area contributed by atoms with Crippen molar-refractivity contribution in [3.05, 3.63) is 488 Å². The van der Waals surface area contributed by atoms with Gasteiger partial charge in [0.1, 0.15) is 40.3 Å². The number of aromatic hydroxyl groups is 1. The number of ether oxygens (including phenoxy) is 4. The van der Waals surface area contributed by atoms with Gasteiger partial charge in [0.2, 0.25) is 22.7 Å². The summed E-state index contributed by atoms with van der Waals surface area (Å²) in [6.45, 7) is 0. The molecule has 0 amide bonds. The predicted molar refractivity (Wildman–Crippen MR) is 473 cm³/mol. The van der Waals surface area contributed by atoms with E-state index in [0.717, 1.165) is 51.1 Å². The molecule has 0 spiro atoms. The highest BCUT2D eigenvalue weighted by Gasteiger charge is 2.40. The van der Waals surface area contributed by atoms with Gasteiger partial charge in [-0.05, 0) is 95.4 Å². The van der Waals surface area contributed by atoms with Crippen molar-refractivity contribution in [3.8, 4) is 45.6 Å². The quantitative estimate of drug-likeness (QED) is 0.0763. The number of hydrogen-bond acceptors (Lipinski definition) is 15. The third-order valence-electron chi connectivity index (χ3n) is 19.5. The van der Waals surface area contributed by atoms with Crippen LogP contribution in [0.2, 0.25) is 0 Å². The fourth-order valence-corrected chi connectivity index (χ4v) is 13.3. The zero-order valence-electron chi connectivity index (χ0n) is 65.8. The van der Waals surface area contributed by atoms with Crippen LogP contribution < -0.4 is 25.1 Å². The van der Waals surface area contributed by atoms with E-state index < -0.39 is 23.7 Å². The first-order valence-corrected chi connectivity index (χ1v) is 39.1. The van der Waals surface area contributed by atoms with Crippen molar-refractivity contribution in [1.29, 1.82) is 0 Å². The maximum absolute atomic E-state index is 12.5. The number of carbonyl (C=O) groups is 5. The van der Waals surface area contributed by atoms with Crippen molar-refractivity contribution in [3.63, 3.8) is 0 Å². The Labute approximate surface area is 699 Å². The monoisotopic (exact) mass is 1590 g/mol. The van der Waals surface area contributed by atoms with Crippen LogP contribution in [0.15, 0.2) is 431 Å². The summed E-state index contributed by atoms with van der Waals surface area (Å²) in [5.74, 6) is 2.60. The second-order valence-corrected chi connectivity index (χ2v) is 27.6. The molecule has 15 heteroatoms. The number of methoxy groups -OCH3 is 1. The summed E-state index contributed by atoms with van der Waals surface area (Å²) < 4.78 is 33.8. The van der Waals surface area contributed by atoms with Crippen molar-refractivity contribution < 1.29 is 62.0 Å². The molecule has 2 aromatic heterocycles. The van der Waals surface area contributed by atoms with Crippen molar-refractivity contribution in [2.45, 2.75) is 37.3 Å². The van der Waals surface area contributed by atoms with Crippen molar-refractivity contribution in [2.24, 2.45) is 0 Å². The summed E-state index contributed by atoms with van der Waals surface area (Å²) in [6, 6.07) is 123. The van der Waals surface area contributed by atoms with Gasteiger partial charge in [-0.25, -0.2) is 0 Å². The topological polar surface area (TPSA) is 223 Å². The van der Waals surface area contributed by atoms with Gasteiger partial charge in [-0.1, -0.05) is 346 Å². The summed E-state index contributed by atoms with van der Waals surface area (Å²) in [5.41, 5.74) is 10.4. The molecule has 19 rings (SSSR count). The number of ketones is 5. The van der Waals surface area contributed by atoms with E-state index in [2.05, 4.69) is 12.1 Å². The summed E-state index contributed by atoms with van der Waals surface area (Å²) in [7, 11) is 1.60. The van der Waals surface area contributed by atoms with E-state index in [-0.39, 0.29) is 52.0 Å². The predicted octanol–water partition coefficient (Wildman–Crippen LogP) is 22.4. The Kier molecular flexibility index (Phi) is 28.8. The number of hydrogen-bond donors (Lipinski definition) is 2. The lowest BCUT2D eigenvalue weighted by molar-refractivity contribution is 0.0216. The van der Waals surface area contributed by atoms with E-state index in [0.29, 0.717) is 73.6 Å². The van der Waals surface area contributed by atoms with Gasteiger partial charge >= 0.3 is 0 Å². The van der Waals surface area contributed by atoms with Gasteiger partial charge in [-0.2, -0.15) is 0 Å². The second-order valence-electron chi connectivity index (χ2n) is 27.6. The van der Waals surface area contributed by atoms with Gasteiger partial charge in [-0.15, -0.1) is 0 Å². The summed E-state index contributed by atoms with van der Waals surface area (Å²) in [6.07, 6.45) is 3.86. The maximum Gasteiger partial charge on any atom is 0.235 e. The minimum absolute atomic E-state index is 0.00861. The number of benzene rings is 14. The minimum Gasteiger partial charge on any atom is -0.502 e. The third kappa shape index (κ3) is 22.0. The van der Waals surface area contributed by atoms with Crippen LogP contribution in [0.5, 0.6) is 23.0 Å². The van der Waals surface area contributed by atoms with Gasteiger partial charge in [-0.3, -0.25) is 33.6 Å². The maximum atomic E-state index is 12.5. The lowest BCUT2D eigenvalue weighted by Crippen LogP contribution is -2.36. The largest absolute Gasteiger partial charge is 0.502 e. The molecular formula is C106H82O15. The molecule has 3 aliphatic heterocycles. The summed E-state index contributed by atoms with van der Waals surface area (Å²) >= 11 is 0. The number of fused-ring (bicyclic) bond motifs is 5. The zero-order valence-corrected chi connectivity index (χ0v) is 65.8. The first-order valence-electron chi connectivity index (χ1n) is 39.1. The Morgan fingerprint density at radius 3 is 1.51 bits per heavy atom. The molecule has 4 atom stereocenters. The standard InChI is InChI=1S/C16H14O3.C15H12O3.C15H10O3.2C15H10O2.C15H14O.C15H12O/c1-18-15-12-9-5-6-10-13(12)19-16(15)14(17)11-7-3-2-4-8-11;2*16-13-11-8-4-5-9-12(11)18-15(14(13)17)10-6-2-1-3-7-10;16-13-10-15(11-6-2-1-3-7-11)17-14-9-5-4-8-12(13)14;16-15-12-8-4-5-9-13(12)17-14(15)10-11-6-2-1-3-7-11;2*16-15(14-9-5-2-6-10-14)12-11-13-7-3-1-4-8-13/h2-10,15-16H,1H3;1-9,14-15,17H;1-9,17H;2*1-10H;1-10H,11-12H2;1-12H/b;;;;;;12-11+. The number of aryl methyl sites for hydroxylation is 1. The summed E-state index contributed by atoms with van der Waals surface area (Å²) in [5, 5.41) is 21.0. The molecule has 0 aliphatic carbocycles. The summed E-state index contributed by atoms with van der Waals surface area (Å²) in [4.78, 5) is 84.0. The molecule has 596 valence electrons. The molecule has 14 aromatic carbocycles. The van der Waals surface area contributed by atoms with E-state index >= 15 is 0 Å². The lowest BCUT2D eigenvalue weighted by atomic mass is 9.94. The van der Waals surface area contributed by atoms with E-state index in [1.54, 1.807) is 104 Å². The number of aliphatic hydroxyl groups excluding tert-OH is 1. The molecule has 0 fully saturated rings. The van der Waals surface area contributed by atoms with Crippen LogP contribution in [0.25, 0.3) is 56.7 Å². The van der Waals surface area contributed by atoms with E-state index in [1.807, 2.05) is 303 Å². The van der Waals surface area contributed by atoms with Gasteiger partial charge < -0.3 is 38.0 Å². The lowest BCUT2D eigenvalue weighted by Gasteiger charge is -2.29. The molecular weight excluding hydrogens is 1510 g/mol. The number of carbonyl (C=O) groups excluding carboxylic acids is 5. The van der Waals surface area contributed by atoms with Gasteiger partial charge in [0.05, 0.1) is 21.9 Å². The van der Waals surface area contributed by atoms with Crippen molar-refractivity contribution >= 4 is 63.0 Å². The highest BCUT2D eigenvalue weighted by atomic mass is 16.6. The fraction of sp³-hybridized carbons (Fsp3) is 0.0660. The molecule has 121 heavy (non-hydrogen) atoms. The number of allylic oxidation sites excluding steroid dienone is 2. The average Bonchev–Trinajstić information content (AvgIpc) is 1.73. The van der Waals surface area contributed by atoms with Crippen LogP contribution in [-0.4, -0.2) is 58.4 Å². The first-order chi connectivity index (χ1) is 59.3. The molecule has 15 nitrogen and oxygen atoms in total. The molecule has 0 saturated heterocycles. The Balaban J connectivity index is 0.000000122. The third-order valence-corrected chi connectivity index (χ3v) is 19.5. The van der Waals surface area contributed by atoms with Crippen LogP contribution in [-0.2, 0) is 11.2 Å². The fourth-order valence-electron chi connectivity index (χ4n) is 13.3. The van der Waals surface area contributed by atoms with Crippen LogP contribution in [0.3, 0.4) is 0 Å². The van der Waals surface area contributed by atoms with Gasteiger partial charge in [0.25, 0.3) is 0 Å². The minimum atomic E-state index is -1.15. The number of aliphatic hydroxyl groups is 1. The number of rotatable bonds is 14. The van der Waals surface area contributed by atoms with E-state index in [9.17, 15) is 43.8 Å². The molecule has 5 heterocycles. The van der Waals surface area contributed by atoms with Crippen LogP contribution in [0, 0.1) is 0 Å². The van der Waals surface area contributed by atoms with Gasteiger partial charge in [0.15, 0.2) is 52.6 Å². The average molecular weight is 1600 g/mol. The molecule has 4 unspecified atom stereocenters. The van der Waals surface area contributed by atoms with E-state index in [1.165, 1.54) is 11.6 Å². The van der Waals surface area contributed by atoms with Crippen LogP contribution >= 0.6 is 0 Å². The van der Waals surface area contributed by atoms with E-state index in [4.69, 9.17) is 27.8 Å². The number of para-hydroxylation sites is 5. The first kappa shape index (κ1) is 83.4. The molecule has 0 bridgehead atoms. The van der Waals surface area contributed by atoms with Crippen LogP contribution in [0.1, 0.15) is 98.2 Å². The zero-order chi connectivity index (χ0) is 84.1. The highest BCUT2D eigenvalue weighted by molar-refractivity contribution is 6.14. The molecule has 2 N–H and O–H groups in total. The Morgan fingerprint density at radius 1 is 0.438 bits per heavy atom.